The fraction of sp³-hybridized carbons (Fsp3) is 0.444. The Kier molecular flexibility index (Phi) is 4.81. The maximum Gasteiger partial charge on any atom is 0.228 e. The lowest BCUT2D eigenvalue weighted by atomic mass is 10.2. The molecular formula is C18H22ClN3O2. The number of nitrogens with one attached hydrogen (secondary N) is 1. The van der Waals surface area contributed by atoms with Crippen molar-refractivity contribution >= 4 is 23.2 Å². The van der Waals surface area contributed by atoms with Crippen LogP contribution in [0.4, 0.5) is 5.69 Å². The molecule has 128 valence electrons. The second kappa shape index (κ2) is 6.85. The van der Waals surface area contributed by atoms with Crippen LogP contribution in [0.25, 0.3) is 0 Å². The third-order valence-electron chi connectivity index (χ3n) is 4.05. The number of carbonyl (C=O) groups is 1. The molecule has 0 bridgehead atoms. The van der Waals surface area contributed by atoms with E-state index in [0.29, 0.717) is 29.0 Å². The first-order chi connectivity index (χ1) is 11.4. The molecular weight excluding hydrogens is 326 g/mol. The Labute approximate surface area is 147 Å². The van der Waals surface area contributed by atoms with E-state index in [2.05, 4.69) is 24.3 Å². The molecule has 0 aliphatic heterocycles. The second-order valence-corrected chi connectivity index (χ2v) is 7.14. The molecule has 5 nitrogen and oxygen atoms in total. The van der Waals surface area contributed by atoms with Gasteiger partial charge >= 0.3 is 0 Å². The van der Waals surface area contributed by atoms with E-state index in [9.17, 15) is 4.79 Å². The second-order valence-electron chi connectivity index (χ2n) is 6.74. The van der Waals surface area contributed by atoms with Gasteiger partial charge in [-0.3, -0.25) is 9.48 Å². The Hall–Kier alpha value is -2.01. The molecule has 3 rings (SSSR count). The molecule has 1 saturated carbocycles. The molecule has 24 heavy (non-hydrogen) atoms. The van der Waals surface area contributed by atoms with Crippen LogP contribution in [0, 0.1) is 11.8 Å². The molecule has 1 amide bonds. The third kappa shape index (κ3) is 3.90. The highest BCUT2D eigenvalue weighted by atomic mass is 35.5. The van der Waals surface area contributed by atoms with Crippen LogP contribution in [-0.4, -0.2) is 22.3 Å². The monoisotopic (exact) mass is 347 g/mol. The number of nitrogens with zero attached hydrogens (tertiary/aromatic N) is 2. The maximum atomic E-state index is 12.4. The van der Waals surface area contributed by atoms with Crippen molar-refractivity contribution in [3.05, 3.63) is 41.2 Å². The van der Waals surface area contributed by atoms with E-state index in [1.807, 2.05) is 25.5 Å². The summed E-state index contributed by atoms with van der Waals surface area (Å²) in [5.41, 5.74) is 1.81. The van der Waals surface area contributed by atoms with Crippen LogP contribution in [0.15, 0.2) is 30.6 Å². The molecule has 1 aliphatic carbocycles. The van der Waals surface area contributed by atoms with Gasteiger partial charge in [0.15, 0.2) is 0 Å². The van der Waals surface area contributed by atoms with Gasteiger partial charge in [0.05, 0.1) is 17.8 Å². The molecule has 1 N–H and O–H groups in total. The Morgan fingerprint density at radius 2 is 2.29 bits per heavy atom. The topological polar surface area (TPSA) is 56.1 Å². The minimum Gasteiger partial charge on any atom is -0.492 e. The number of anilines is 1. The number of amides is 1. The summed E-state index contributed by atoms with van der Waals surface area (Å²) < 4.78 is 7.40. The SMILES string of the molecule is CC(C)COc1ccc(NC(=O)[C@@H]2C[C@H]2c2cnn(C)c2)cc1Cl. The van der Waals surface area contributed by atoms with E-state index in [1.54, 1.807) is 16.8 Å². The van der Waals surface area contributed by atoms with Gasteiger partial charge in [0.1, 0.15) is 5.75 Å². The summed E-state index contributed by atoms with van der Waals surface area (Å²) >= 11 is 6.23. The van der Waals surface area contributed by atoms with Crippen molar-refractivity contribution in [2.75, 3.05) is 11.9 Å². The molecule has 1 heterocycles. The summed E-state index contributed by atoms with van der Waals surface area (Å²) in [6.45, 7) is 4.77. The van der Waals surface area contributed by atoms with Gasteiger partial charge < -0.3 is 10.1 Å². The third-order valence-corrected chi connectivity index (χ3v) is 4.35. The number of halogens is 1. The summed E-state index contributed by atoms with van der Waals surface area (Å²) in [5, 5.41) is 7.60. The largest absolute Gasteiger partial charge is 0.492 e. The van der Waals surface area contributed by atoms with Crippen LogP contribution in [0.5, 0.6) is 5.75 Å². The highest BCUT2D eigenvalue weighted by Crippen LogP contribution is 2.47. The average Bonchev–Trinajstić information content (AvgIpc) is 3.21. The molecule has 2 aromatic rings. The van der Waals surface area contributed by atoms with Gasteiger partial charge in [-0.15, -0.1) is 0 Å². The molecule has 0 saturated heterocycles. The minimum atomic E-state index is 0.00448. The summed E-state index contributed by atoms with van der Waals surface area (Å²) in [5.74, 6) is 1.37. The average molecular weight is 348 g/mol. The number of aromatic nitrogens is 2. The van der Waals surface area contributed by atoms with E-state index in [0.717, 1.165) is 12.0 Å². The zero-order valence-electron chi connectivity index (χ0n) is 14.1. The fourth-order valence-electron chi connectivity index (χ4n) is 2.67. The smallest absolute Gasteiger partial charge is 0.228 e. The van der Waals surface area contributed by atoms with Crippen molar-refractivity contribution in [3.63, 3.8) is 0 Å². The van der Waals surface area contributed by atoms with Crippen molar-refractivity contribution in [1.82, 2.24) is 9.78 Å². The van der Waals surface area contributed by atoms with Gasteiger partial charge in [-0.25, -0.2) is 0 Å². The van der Waals surface area contributed by atoms with Crippen LogP contribution >= 0.6 is 11.6 Å². The molecule has 0 spiro atoms. The summed E-state index contributed by atoms with van der Waals surface area (Å²) in [6, 6.07) is 5.35. The lowest BCUT2D eigenvalue weighted by Gasteiger charge is -2.12. The Morgan fingerprint density at radius 3 is 2.92 bits per heavy atom. The number of rotatable bonds is 6. The molecule has 0 radical (unpaired) electrons. The van der Waals surface area contributed by atoms with Gasteiger partial charge in [-0.1, -0.05) is 25.4 Å². The zero-order valence-corrected chi connectivity index (χ0v) is 14.9. The van der Waals surface area contributed by atoms with E-state index >= 15 is 0 Å². The lowest BCUT2D eigenvalue weighted by molar-refractivity contribution is -0.117. The number of benzene rings is 1. The van der Waals surface area contributed by atoms with Crippen molar-refractivity contribution in [1.29, 1.82) is 0 Å². The summed E-state index contributed by atoms with van der Waals surface area (Å²) in [7, 11) is 1.88. The van der Waals surface area contributed by atoms with Crippen LogP contribution in [-0.2, 0) is 11.8 Å². The van der Waals surface area contributed by atoms with E-state index in [4.69, 9.17) is 16.3 Å². The maximum absolute atomic E-state index is 12.4. The highest BCUT2D eigenvalue weighted by molar-refractivity contribution is 6.32. The highest BCUT2D eigenvalue weighted by Gasteiger charge is 2.44. The minimum absolute atomic E-state index is 0.00448. The molecule has 6 heteroatoms. The normalized spacial score (nSPS) is 19.4. The summed E-state index contributed by atoms with van der Waals surface area (Å²) in [4.78, 5) is 12.4. The van der Waals surface area contributed by atoms with Crippen molar-refractivity contribution < 1.29 is 9.53 Å². The number of carbonyl (C=O) groups excluding carboxylic acids is 1. The standard InChI is InChI=1S/C18H22ClN3O2/c1-11(2)10-24-17-5-4-13(6-16(17)19)21-18(23)15-7-14(15)12-8-20-22(3)9-12/h4-6,8-9,11,14-15H,7,10H2,1-3H3,(H,21,23)/t14-,15+/m0/s1. The van der Waals surface area contributed by atoms with Crippen molar-refractivity contribution in [3.8, 4) is 5.75 Å². The Balaban J connectivity index is 1.58. The predicted molar refractivity (Wildman–Crippen MR) is 94.5 cm³/mol. The molecule has 1 fully saturated rings. The first kappa shape index (κ1) is 16.8. The molecule has 1 aliphatic rings. The zero-order chi connectivity index (χ0) is 17.3. The van der Waals surface area contributed by atoms with Crippen LogP contribution in [0.2, 0.25) is 5.02 Å². The van der Waals surface area contributed by atoms with Gasteiger partial charge in [0, 0.05) is 24.8 Å². The molecule has 0 unspecified atom stereocenters. The van der Waals surface area contributed by atoms with Gasteiger partial charge in [-0.05, 0) is 42.0 Å². The first-order valence-corrected chi connectivity index (χ1v) is 8.53. The van der Waals surface area contributed by atoms with E-state index < -0.39 is 0 Å². The number of ether oxygens (including phenoxy) is 1. The van der Waals surface area contributed by atoms with Gasteiger partial charge in [-0.2, -0.15) is 5.10 Å². The van der Waals surface area contributed by atoms with Gasteiger partial charge in [0.25, 0.3) is 0 Å². The molecule has 1 aromatic heterocycles. The number of aryl methyl sites for hydroxylation is 1. The summed E-state index contributed by atoms with van der Waals surface area (Å²) in [6.07, 6.45) is 4.66. The Bertz CT molecular complexity index is 742. The van der Waals surface area contributed by atoms with Crippen LogP contribution in [0.3, 0.4) is 0 Å². The van der Waals surface area contributed by atoms with Crippen molar-refractivity contribution in [2.45, 2.75) is 26.2 Å². The van der Waals surface area contributed by atoms with Crippen molar-refractivity contribution in [2.24, 2.45) is 18.9 Å². The number of hydrogen-bond donors (Lipinski definition) is 1. The first-order valence-electron chi connectivity index (χ1n) is 8.16. The predicted octanol–water partition coefficient (Wildman–Crippen LogP) is 3.85. The molecule has 2 atom stereocenters. The fourth-order valence-corrected chi connectivity index (χ4v) is 2.91. The Morgan fingerprint density at radius 1 is 1.50 bits per heavy atom. The molecule has 1 aromatic carbocycles. The lowest BCUT2D eigenvalue weighted by Crippen LogP contribution is -2.14. The van der Waals surface area contributed by atoms with E-state index in [-0.39, 0.29) is 17.7 Å². The van der Waals surface area contributed by atoms with E-state index in [1.165, 1.54) is 0 Å². The van der Waals surface area contributed by atoms with Crippen LogP contribution in [0.1, 0.15) is 31.7 Å². The number of hydrogen-bond acceptors (Lipinski definition) is 3. The van der Waals surface area contributed by atoms with Gasteiger partial charge in [0.2, 0.25) is 5.91 Å². The quantitative estimate of drug-likeness (QED) is 0.863. The van der Waals surface area contributed by atoms with Crippen LogP contribution < -0.4 is 10.1 Å².